The molecule has 1 saturated heterocycles. The van der Waals surface area contributed by atoms with Crippen LogP contribution in [-0.2, 0) is 20.0 Å². The van der Waals surface area contributed by atoms with Gasteiger partial charge in [-0.2, -0.15) is 5.10 Å². The highest BCUT2D eigenvalue weighted by molar-refractivity contribution is 5.79. The van der Waals surface area contributed by atoms with Crippen LogP contribution in [0.2, 0.25) is 0 Å². The molecule has 0 radical (unpaired) electrons. The molecule has 1 aliphatic heterocycles. The van der Waals surface area contributed by atoms with E-state index in [-0.39, 0.29) is 0 Å². The van der Waals surface area contributed by atoms with E-state index in [4.69, 9.17) is 4.98 Å². The lowest BCUT2D eigenvalue weighted by Gasteiger charge is -2.07. The van der Waals surface area contributed by atoms with Crippen LogP contribution in [0.5, 0.6) is 0 Å². The second-order valence-corrected chi connectivity index (χ2v) is 6.51. The molecule has 3 aromatic heterocycles. The summed E-state index contributed by atoms with van der Waals surface area (Å²) in [7, 11) is 2.02. The largest absolute Gasteiger partial charge is 0.316 e. The first-order chi connectivity index (χ1) is 11.7. The monoisotopic (exact) mass is 325 g/mol. The number of nitrogens with one attached hydrogen (secondary N) is 1. The number of rotatable bonds is 4. The molecule has 7 nitrogen and oxygen atoms in total. The molecule has 24 heavy (non-hydrogen) atoms. The van der Waals surface area contributed by atoms with Crippen LogP contribution in [0.4, 0.5) is 0 Å². The van der Waals surface area contributed by atoms with Crippen molar-refractivity contribution in [1.29, 1.82) is 0 Å². The molecule has 126 valence electrons. The van der Waals surface area contributed by atoms with Gasteiger partial charge >= 0.3 is 0 Å². The summed E-state index contributed by atoms with van der Waals surface area (Å²) in [5.74, 6) is 1.55. The molecule has 0 spiro atoms. The van der Waals surface area contributed by atoms with Gasteiger partial charge in [0.25, 0.3) is 0 Å². The number of hydrogen-bond donors (Lipinski definition) is 1. The lowest BCUT2D eigenvalue weighted by atomic mass is 10.0. The van der Waals surface area contributed by atoms with Gasteiger partial charge in [0.05, 0.1) is 17.5 Å². The van der Waals surface area contributed by atoms with Crippen LogP contribution in [0.1, 0.15) is 24.7 Å². The van der Waals surface area contributed by atoms with Crippen molar-refractivity contribution in [3.63, 3.8) is 0 Å². The van der Waals surface area contributed by atoms with E-state index >= 15 is 0 Å². The van der Waals surface area contributed by atoms with Crippen molar-refractivity contribution in [3.05, 3.63) is 23.9 Å². The van der Waals surface area contributed by atoms with Gasteiger partial charge in [0, 0.05) is 19.3 Å². The summed E-state index contributed by atoms with van der Waals surface area (Å²) in [4.78, 5) is 13.9. The van der Waals surface area contributed by atoms with Crippen LogP contribution >= 0.6 is 0 Å². The normalized spacial score (nSPS) is 17.9. The molecule has 1 N–H and O–H groups in total. The van der Waals surface area contributed by atoms with Crippen LogP contribution in [0, 0.1) is 12.8 Å². The van der Waals surface area contributed by atoms with Crippen molar-refractivity contribution >= 4 is 11.2 Å². The van der Waals surface area contributed by atoms with Crippen molar-refractivity contribution in [2.24, 2.45) is 13.0 Å². The quantitative estimate of drug-likeness (QED) is 0.790. The van der Waals surface area contributed by atoms with Crippen LogP contribution < -0.4 is 5.32 Å². The average Bonchev–Trinajstić information content (AvgIpc) is 3.29. The van der Waals surface area contributed by atoms with Crippen LogP contribution in [0.25, 0.3) is 22.6 Å². The maximum absolute atomic E-state index is 4.90. The fraction of sp³-hybridized carbons (Fsp3) is 0.529. The molecular weight excluding hydrogens is 302 g/mol. The first-order valence-electron chi connectivity index (χ1n) is 8.58. The summed E-state index contributed by atoms with van der Waals surface area (Å²) in [6.07, 6.45) is 5.71. The van der Waals surface area contributed by atoms with E-state index in [1.165, 1.54) is 6.42 Å². The van der Waals surface area contributed by atoms with Crippen molar-refractivity contribution in [3.8, 4) is 11.4 Å². The number of fused-ring (bicyclic) bond motifs is 1. The Morgan fingerprint density at radius 1 is 1.33 bits per heavy atom. The Morgan fingerprint density at radius 2 is 2.21 bits per heavy atom. The van der Waals surface area contributed by atoms with Crippen molar-refractivity contribution < 1.29 is 0 Å². The highest BCUT2D eigenvalue weighted by Gasteiger charge is 2.21. The average molecular weight is 325 g/mol. The van der Waals surface area contributed by atoms with Crippen LogP contribution in [0.3, 0.4) is 0 Å². The summed E-state index contributed by atoms with van der Waals surface area (Å²) in [6, 6.07) is 0. The topological polar surface area (TPSA) is 73.5 Å². The van der Waals surface area contributed by atoms with E-state index in [1.54, 1.807) is 6.33 Å². The third-order valence-electron chi connectivity index (χ3n) is 5.02. The molecule has 1 fully saturated rings. The predicted molar refractivity (Wildman–Crippen MR) is 92.6 cm³/mol. The molecule has 0 saturated carbocycles. The number of aryl methyl sites for hydroxylation is 2. The molecule has 4 heterocycles. The molecule has 0 amide bonds. The summed E-state index contributed by atoms with van der Waals surface area (Å²) < 4.78 is 4.04. The minimum atomic E-state index is 0.637. The van der Waals surface area contributed by atoms with Gasteiger partial charge in [-0.1, -0.05) is 0 Å². The lowest BCUT2D eigenvalue weighted by molar-refractivity contribution is 0.573. The molecule has 1 atom stereocenters. The zero-order valence-electron chi connectivity index (χ0n) is 14.5. The first-order valence-corrected chi connectivity index (χ1v) is 8.58. The second kappa shape index (κ2) is 5.98. The molecule has 1 unspecified atom stereocenters. The molecule has 3 aromatic rings. The van der Waals surface area contributed by atoms with Gasteiger partial charge in [0.15, 0.2) is 5.65 Å². The molecule has 4 rings (SSSR count). The molecule has 7 heteroatoms. The highest BCUT2D eigenvalue weighted by atomic mass is 15.3. The van der Waals surface area contributed by atoms with Crippen molar-refractivity contribution in [2.45, 2.75) is 33.2 Å². The van der Waals surface area contributed by atoms with Gasteiger partial charge < -0.3 is 9.88 Å². The van der Waals surface area contributed by atoms with Gasteiger partial charge in [-0.3, -0.25) is 4.68 Å². The number of nitrogens with zero attached hydrogens (tertiary/aromatic N) is 6. The number of hydrogen-bond acceptors (Lipinski definition) is 5. The highest BCUT2D eigenvalue weighted by Crippen LogP contribution is 2.27. The third kappa shape index (κ3) is 2.39. The SMILES string of the molecule is CCn1ncc(-c2nc3c(CC4CCNC4)ncnc3n2C)c1C. The van der Waals surface area contributed by atoms with Crippen LogP contribution in [0.15, 0.2) is 12.5 Å². The van der Waals surface area contributed by atoms with E-state index in [2.05, 4.69) is 38.8 Å². The molecule has 0 bridgehead atoms. The Balaban J connectivity index is 1.80. The Labute approximate surface area is 141 Å². The maximum atomic E-state index is 4.90. The second-order valence-electron chi connectivity index (χ2n) is 6.51. The fourth-order valence-corrected chi connectivity index (χ4v) is 3.58. The minimum Gasteiger partial charge on any atom is -0.316 e. The summed E-state index contributed by atoms with van der Waals surface area (Å²) in [6.45, 7) is 7.20. The molecule has 0 aliphatic carbocycles. The molecule has 0 aromatic carbocycles. The summed E-state index contributed by atoms with van der Waals surface area (Å²) in [5.41, 5.74) is 5.06. The van der Waals surface area contributed by atoms with Crippen molar-refractivity contribution in [1.82, 2.24) is 34.6 Å². The Kier molecular flexibility index (Phi) is 3.80. The van der Waals surface area contributed by atoms with Gasteiger partial charge in [0.1, 0.15) is 17.7 Å². The fourth-order valence-electron chi connectivity index (χ4n) is 3.58. The number of aromatic nitrogens is 6. The third-order valence-corrected chi connectivity index (χ3v) is 5.02. The Morgan fingerprint density at radius 3 is 2.92 bits per heavy atom. The first kappa shape index (κ1) is 15.3. The van der Waals surface area contributed by atoms with Gasteiger partial charge in [-0.15, -0.1) is 0 Å². The maximum Gasteiger partial charge on any atom is 0.163 e. The Bertz CT molecular complexity index is 871. The van der Waals surface area contributed by atoms with Gasteiger partial charge in [0.2, 0.25) is 0 Å². The minimum absolute atomic E-state index is 0.637. The van der Waals surface area contributed by atoms with E-state index in [0.29, 0.717) is 5.92 Å². The van der Waals surface area contributed by atoms with E-state index < -0.39 is 0 Å². The Hall–Kier alpha value is -2.28. The lowest BCUT2D eigenvalue weighted by Crippen LogP contribution is -2.11. The zero-order valence-corrected chi connectivity index (χ0v) is 14.5. The standard InChI is InChI=1S/C17H23N7/c1-4-24-11(2)13(9-21-24)16-22-15-14(7-12-5-6-18-8-12)19-10-20-17(15)23(16)3/h9-10,12,18H,4-8H2,1-3H3. The smallest absolute Gasteiger partial charge is 0.163 e. The van der Waals surface area contributed by atoms with E-state index in [1.807, 2.05) is 17.9 Å². The van der Waals surface area contributed by atoms with E-state index in [9.17, 15) is 0 Å². The van der Waals surface area contributed by atoms with Crippen LogP contribution in [-0.4, -0.2) is 42.4 Å². The summed E-state index contributed by atoms with van der Waals surface area (Å²) >= 11 is 0. The van der Waals surface area contributed by atoms with Gasteiger partial charge in [-0.05, 0) is 45.7 Å². The van der Waals surface area contributed by atoms with Gasteiger partial charge in [-0.25, -0.2) is 15.0 Å². The van der Waals surface area contributed by atoms with Crippen molar-refractivity contribution in [2.75, 3.05) is 13.1 Å². The number of imidazole rings is 1. The zero-order chi connectivity index (χ0) is 16.7. The summed E-state index contributed by atoms with van der Waals surface area (Å²) in [5, 5.41) is 7.87. The molecular formula is C17H23N7. The van der Waals surface area contributed by atoms with E-state index in [0.717, 1.165) is 60.0 Å². The molecule has 1 aliphatic rings. The predicted octanol–water partition coefficient (Wildman–Crippen LogP) is 1.71.